The van der Waals surface area contributed by atoms with Gasteiger partial charge in [0, 0.05) is 24.4 Å². The van der Waals surface area contributed by atoms with Crippen molar-refractivity contribution < 1.29 is 4.74 Å². The summed E-state index contributed by atoms with van der Waals surface area (Å²) in [7, 11) is 0. The van der Waals surface area contributed by atoms with Crippen LogP contribution in [0.3, 0.4) is 0 Å². The number of rotatable bonds is 5. The van der Waals surface area contributed by atoms with E-state index in [1.165, 1.54) is 38.6 Å². The van der Waals surface area contributed by atoms with Gasteiger partial charge in [-0.3, -0.25) is 0 Å². The molecule has 0 aromatic carbocycles. The van der Waals surface area contributed by atoms with E-state index in [9.17, 15) is 0 Å². The van der Waals surface area contributed by atoms with Crippen LogP contribution in [0.1, 0.15) is 32.1 Å². The molecule has 2 fully saturated rings. The standard InChI is InChI=1S/C12H23NOS/c1-15-12(5-2-3-6-12)10-13-8-11-4-7-14-9-11/h11,13H,2-10H2,1H3. The Labute approximate surface area is 97.5 Å². The topological polar surface area (TPSA) is 21.3 Å². The SMILES string of the molecule is CSC1(CNCC2CCOC2)CCCC1. The van der Waals surface area contributed by atoms with Gasteiger partial charge in [0.2, 0.25) is 0 Å². The molecule has 0 aromatic rings. The summed E-state index contributed by atoms with van der Waals surface area (Å²) in [6.07, 6.45) is 9.18. The van der Waals surface area contributed by atoms with Gasteiger partial charge in [-0.2, -0.15) is 11.8 Å². The molecule has 1 saturated heterocycles. The molecule has 0 bridgehead atoms. The smallest absolute Gasteiger partial charge is 0.0507 e. The lowest BCUT2D eigenvalue weighted by molar-refractivity contribution is 0.185. The monoisotopic (exact) mass is 229 g/mol. The third-order valence-corrected chi connectivity index (χ3v) is 5.27. The Bertz CT molecular complexity index is 186. The summed E-state index contributed by atoms with van der Waals surface area (Å²) in [4.78, 5) is 0. The normalized spacial score (nSPS) is 29.8. The van der Waals surface area contributed by atoms with Crippen molar-refractivity contribution in [1.82, 2.24) is 5.32 Å². The molecule has 0 spiro atoms. The van der Waals surface area contributed by atoms with E-state index in [0.29, 0.717) is 4.75 Å². The van der Waals surface area contributed by atoms with Crippen molar-refractivity contribution in [2.75, 3.05) is 32.6 Å². The van der Waals surface area contributed by atoms with E-state index in [4.69, 9.17) is 4.74 Å². The van der Waals surface area contributed by atoms with Crippen molar-refractivity contribution in [3.8, 4) is 0 Å². The Morgan fingerprint density at radius 1 is 1.40 bits per heavy atom. The molecule has 2 aliphatic rings. The van der Waals surface area contributed by atoms with E-state index < -0.39 is 0 Å². The fourth-order valence-electron chi connectivity index (χ4n) is 2.72. The number of hydrogen-bond acceptors (Lipinski definition) is 3. The molecule has 1 aliphatic carbocycles. The number of hydrogen-bond donors (Lipinski definition) is 1. The maximum atomic E-state index is 5.39. The first-order valence-corrected chi connectivity index (χ1v) is 7.41. The lowest BCUT2D eigenvalue weighted by Gasteiger charge is -2.27. The van der Waals surface area contributed by atoms with E-state index in [1.54, 1.807) is 0 Å². The fourth-order valence-corrected chi connectivity index (χ4v) is 3.66. The van der Waals surface area contributed by atoms with Gasteiger partial charge in [-0.1, -0.05) is 12.8 Å². The summed E-state index contributed by atoms with van der Waals surface area (Å²) in [6, 6.07) is 0. The fraction of sp³-hybridized carbons (Fsp3) is 1.00. The summed E-state index contributed by atoms with van der Waals surface area (Å²) in [6.45, 7) is 4.30. The highest BCUT2D eigenvalue weighted by Gasteiger charge is 2.32. The zero-order chi connectivity index (χ0) is 10.6. The molecule has 15 heavy (non-hydrogen) atoms. The van der Waals surface area contributed by atoms with Crippen LogP contribution in [-0.2, 0) is 4.74 Å². The van der Waals surface area contributed by atoms with Gasteiger partial charge >= 0.3 is 0 Å². The maximum absolute atomic E-state index is 5.39. The van der Waals surface area contributed by atoms with E-state index >= 15 is 0 Å². The van der Waals surface area contributed by atoms with Gasteiger partial charge in [0.1, 0.15) is 0 Å². The van der Waals surface area contributed by atoms with Crippen LogP contribution in [0, 0.1) is 5.92 Å². The molecule has 1 unspecified atom stereocenters. The minimum absolute atomic E-state index is 0.555. The Hall–Kier alpha value is 0.270. The summed E-state index contributed by atoms with van der Waals surface area (Å²) in [5.41, 5.74) is 0. The second-order valence-electron chi connectivity index (χ2n) is 4.95. The summed E-state index contributed by atoms with van der Waals surface area (Å²) in [5.74, 6) is 0.769. The average molecular weight is 229 g/mol. The van der Waals surface area contributed by atoms with Crippen LogP contribution in [0.4, 0.5) is 0 Å². The van der Waals surface area contributed by atoms with Crippen molar-refractivity contribution in [2.24, 2.45) is 5.92 Å². The van der Waals surface area contributed by atoms with Gasteiger partial charge in [-0.05, 0) is 31.4 Å². The molecule has 0 amide bonds. The molecule has 1 N–H and O–H groups in total. The lowest BCUT2D eigenvalue weighted by Crippen LogP contribution is -2.37. The highest BCUT2D eigenvalue weighted by atomic mass is 32.2. The highest BCUT2D eigenvalue weighted by Crippen LogP contribution is 2.39. The van der Waals surface area contributed by atoms with Crippen molar-refractivity contribution in [3.05, 3.63) is 0 Å². The molecule has 1 saturated carbocycles. The minimum atomic E-state index is 0.555. The molecule has 1 aliphatic heterocycles. The van der Waals surface area contributed by atoms with Gasteiger partial charge in [-0.15, -0.1) is 0 Å². The zero-order valence-corrected chi connectivity index (χ0v) is 10.6. The van der Waals surface area contributed by atoms with E-state index in [1.807, 2.05) is 0 Å². The molecule has 3 heteroatoms. The Morgan fingerprint density at radius 2 is 2.20 bits per heavy atom. The number of nitrogens with one attached hydrogen (secondary N) is 1. The van der Waals surface area contributed by atoms with Crippen molar-refractivity contribution in [1.29, 1.82) is 0 Å². The molecule has 2 nitrogen and oxygen atoms in total. The largest absolute Gasteiger partial charge is 0.381 e. The van der Waals surface area contributed by atoms with Gasteiger partial charge in [0.15, 0.2) is 0 Å². The molecule has 0 aromatic heterocycles. The first-order chi connectivity index (χ1) is 7.35. The number of thioether (sulfide) groups is 1. The minimum Gasteiger partial charge on any atom is -0.381 e. The molecule has 0 radical (unpaired) electrons. The predicted molar refractivity (Wildman–Crippen MR) is 66.5 cm³/mol. The zero-order valence-electron chi connectivity index (χ0n) is 9.76. The summed E-state index contributed by atoms with van der Waals surface area (Å²) in [5, 5.41) is 3.66. The summed E-state index contributed by atoms with van der Waals surface area (Å²) >= 11 is 2.07. The van der Waals surface area contributed by atoms with Crippen LogP contribution in [0.2, 0.25) is 0 Å². The molecule has 1 heterocycles. The molecular formula is C12H23NOS. The third kappa shape index (κ3) is 3.11. The number of ether oxygens (including phenoxy) is 1. The van der Waals surface area contributed by atoms with Crippen molar-refractivity contribution >= 4 is 11.8 Å². The molecular weight excluding hydrogens is 206 g/mol. The first kappa shape index (κ1) is 11.7. The van der Waals surface area contributed by atoms with Crippen molar-refractivity contribution in [2.45, 2.75) is 36.9 Å². The molecule has 1 atom stereocenters. The Balaban J connectivity index is 1.67. The Morgan fingerprint density at radius 3 is 2.80 bits per heavy atom. The first-order valence-electron chi connectivity index (χ1n) is 6.18. The van der Waals surface area contributed by atoms with Crippen LogP contribution < -0.4 is 5.32 Å². The lowest BCUT2D eigenvalue weighted by atomic mass is 10.1. The van der Waals surface area contributed by atoms with Crippen LogP contribution in [0.25, 0.3) is 0 Å². The Kier molecular flexibility index (Phi) is 4.35. The van der Waals surface area contributed by atoms with Gasteiger partial charge in [-0.25, -0.2) is 0 Å². The average Bonchev–Trinajstić information content (AvgIpc) is 2.89. The second kappa shape index (κ2) is 5.55. The van der Waals surface area contributed by atoms with Crippen LogP contribution in [-0.4, -0.2) is 37.3 Å². The second-order valence-corrected chi connectivity index (χ2v) is 6.23. The van der Waals surface area contributed by atoms with Gasteiger partial charge < -0.3 is 10.1 Å². The van der Waals surface area contributed by atoms with Gasteiger partial charge in [0.05, 0.1) is 6.61 Å². The maximum Gasteiger partial charge on any atom is 0.0507 e. The molecule has 88 valence electrons. The highest BCUT2D eigenvalue weighted by molar-refractivity contribution is 8.00. The van der Waals surface area contributed by atoms with E-state index in [-0.39, 0.29) is 0 Å². The van der Waals surface area contributed by atoms with Crippen LogP contribution in [0.15, 0.2) is 0 Å². The predicted octanol–water partition coefficient (Wildman–Crippen LogP) is 2.29. The van der Waals surface area contributed by atoms with Crippen LogP contribution in [0.5, 0.6) is 0 Å². The van der Waals surface area contributed by atoms with Crippen LogP contribution >= 0.6 is 11.8 Å². The van der Waals surface area contributed by atoms with Crippen molar-refractivity contribution in [3.63, 3.8) is 0 Å². The summed E-state index contributed by atoms with van der Waals surface area (Å²) < 4.78 is 5.94. The van der Waals surface area contributed by atoms with E-state index in [0.717, 1.165) is 25.7 Å². The molecule has 2 rings (SSSR count). The third-order valence-electron chi connectivity index (χ3n) is 3.85. The van der Waals surface area contributed by atoms with E-state index in [2.05, 4.69) is 23.3 Å². The van der Waals surface area contributed by atoms with Gasteiger partial charge in [0.25, 0.3) is 0 Å². The quantitative estimate of drug-likeness (QED) is 0.781.